The van der Waals surface area contributed by atoms with Crippen molar-refractivity contribution < 1.29 is 23.5 Å². The highest BCUT2D eigenvalue weighted by Crippen LogP contribution is 2.36. The first kappa shape index (κ1) is 21.6. The summed E-state index contributed by atoms with van der Waals surface area (Å²) in [5.74, 6) is 0.603. The van der Waals surface area contributed by atoms with Crippen LogP contribution in [0.1, 0.15) is 50.6 Å². The predicted molar refractivity (Wildman–Crippen MR) is 129 cm³/mol. The van der Waals surface area contributed by atoms with Crippen LogP contribution < -0.4 is 4.74 Å². The van der Waals surface area contributed by atoms with E-state index < -0.39 is 5.97 Å². The third-order valence-electron chi connectivity index (χ3n) is 5.98. The minimum atomic E-state index is -0.518. The van der Waals surface area contributed by atoms with Gasteiger partial charge in [-0.2, -0.15) is 0 Å². The van der Waals surface area contributed by atoms with Crippen molar-refractivity contribution in [2.45, 2.75) is 19.3 Å². The van der Waals surface area contributed by atoms with E-state index >= 15 is 0 Å². The molecule has 6 nitrogen and oxygen atoms in total. The van der Waals surface area contributed by atoms with Crippen molar-refractivity contribution in [3.8, 4) is 5.75 Å². The maximum atomic E-state index is 13.3. The Kier molecular flexibility index (Phi) is 5.95. The zero-order chi connectivity index (χ0) is 23.5. The number of benzene rings is 2. The summed E-state index contributed by atoms with van der Waals surface area (Å²) in [6.45, 7) is -0.342. The maximum Gasteiger partial charge on any atom is 0.339 e. The van der Waals surface area contributed by atoms with Gasteiger partial charge in [-0.05, 0) is 78.9 Å². The van der Waals surface area contributed by atoms with Crippen molar-refractivity contribution in [2.75, 3.05) is 13.7 Å². The normalized spacial score (nSPS) is 14.1. The molecule has 0 amide bonds. The molecule has 2 aromatic heterocycles. The fourth-order valence-corrected chi connectivity index (χ4v) is 4.32. The van der Waals surface area contributed by atoms with Gasteiger partial charge in [0.15, 0.2) is 12.4 Å². The Labute approximate surface area is 196 Å². The number of methoxy groups -OCH3 is 1. The fraction of sp³-hybridized carbons (Fsp3) is 0.179. The van der Waals surface area contributed by atoms with Gasteiger partial charge in [0, 0.05) is 10.9 Å². The number of aromatic nitrogens is 1. The van der Waals surface area contributed by atoms with Gasteiger partial charge in [0.05, 0.1) is 30.1 Å². The van der Waals surface area contributed by atoms with Crippen molar-refractivity contribution in [2.24, 2.45) is 0 Å². The molecule has 170 valence electrons. The number of hydrogen-bond acceptors (Lipinski definition) is 6. The van der Waals surface area contributed by atoms with E-state index in [0.717, 1.165) is 40.8 Å². The maximum absolute atomic E-state index is 13.3. The van der Waals surface area contributed by atoms with E-state index in [1.807, 2.05) is 42.5 Å². The Morgan fingerprint density at radius 3 is 2.62 bits per heavy atom. The molecule has 1 aliphatic carbocycles. The predicted octanol–water partition coefficient (Wildman–Crippen LogP) is 5.75. The molecule has 5 rings (SSSR count). The quantitative estimate of drug-likeness (QED) is 0.273. The average Bonchev–Trinajstić information content (AvgIpc) is 3.39. The van der Waals surface area contributed by atoms with Crippen LogP contribution in [0.2, 0.25) is 0 Å². The van der Waals surface area contributed by atoms with Crippen LogP contribution in [-0.2, 0) is 11.2 Å². The molecule has 4 aromatic rings. The van der Waals surface area contributed by atoms with Crippen molar-refractivity contribution in [1.29, 1.82) is 0 Å². The molecule has 0 fully saturated rings. The van der Waals surface area contributed by atoms with Crippen LogP contribution in [0, 0.1) is 0 Å². The lowest BCUT2D eigenvalue weighted by Crippen LogP contribution is -2.18. The van der Waals surface area contributed by atoms with E-state index in [4.69, 9.17) is 18.9 Å². The number of fused-ring (bicyclic) bond motifs is 2. The molecule has 0 atom stereocenters. The Morgan fingerprint density at radius 2 is 1.85 bits per heavy atom. The van der Waals surface area contributed by atoms with E-state index in [1.54, 1.807) is 37.6 Å². The molecule has 6 heteroatoms. The molecule has 34 heavy (non-hydrogen) atoms. The highest BCUT2D eigenvalue weighted by atomic mass is 16.5. The Bertz CT molecular complexity index is 1380. The summed E-state index contributed by atoms with van der Waals surface area (Å²) < 4.78 is 16.2. The van der Waals surface area contributed by atoms with Crippen molar-refractivity contribution >= 4 is 34.3 Å². The standard InChI is InChI=1S/C28H23NO5/c1-32-20-13-11-18(12-14-20)25(30)17-34-28(31)26-22-8-2-3-10-24(22)29-27-19(6-4-9-23(26)27)16-21-7-5-15-33-21/h2-3,5,7-8,10-16H,4,6,9,17H2,1H3/b19-16+. The highest BCUT2D eigenvalue weighted by molar-refractivity contribution is 6.07. The number of nitrogens with zero attached hydrogens (tertiary/aromatic N) is 1. The zero-order valence-electron chi connectivity index (χ0n) is 18.7. The number of Topliss-reactive ketones (excluding diaryl/α,β-unsaturated/α-hetero) is 1. The topological polar surface area (TPSA) is 78.6 Å². The number of carbonyl (C=O) groups excluding carboxylic acids is 2. The van der Waals surface area contributed by atoms with Crippen LogP contribution in [-0.4, -0.2) is 30.5 Å². The second-order valence-corrected chi connectivity index (χ2v) is 8.10. The van der Waals surface area contributed by atoms with E-state index in [2.05, 4.69) is 0 Å². The number of esters is 1. The van der Waals surface area contributed by atoms with Crippen LogP contribution >= 0.6 is 0 Å². The van der Waals surface area contributed by atoms with Gasteiger partial charge in [0.25, 0.3) is 0 Å². The van der Waals surface area contributed by atoms with Crippen molar-refractivity contribution in [3.63, 3.8) is 0 Å². The molecule has 0 saturated carbocycles. The zero-order valence-corrected chi connectivity index (χ0v) is 18.7. The lowest BCUT2D eigenvalue weighted by molar-refractivity contribution is 0.0475. The summed E-state index contributed by atoms with van der Waals surface area (Å²) in [5.41, 5.74) is 4.30. The highest BCUT2D eigenvalue weighted by Gasteiger charge is 2.26. The second kappa shape index (κ2) is 9.35. The molecule has 2 heterocycles. The van der Waals surface area contributed by atoms with Gasteiger partial charge in [-0.3, -0.25) is 4.79 Å². The Hall–Kier alpha value is -4.19. The summed E-state index contributed by atoms with van der Waals surface area (Å²) in [5, 5.41) is 0.724. The molecule has 0 saturated heterocycles. The van der Waals surface area contributed by atoms with Gasteiger partial charge in [0.2, 0.25) is 0 Å². The third-order valence-corrected chi connectivity index (χ3v) is 5.98. The van der Waals surface area contributed by atoms with Crippen molar-refractivity contribution in [1.82, 2.24) is 4.98 Å². The molecule has 0 aliphatic heterocycles. The molecule has 0 bridgehead atoms. The molecule has 0 unspecified atom stereocenters. The van der Waals surface area contributed by atoms with Crippen LogP contribution in [0.15, 0.2) is 71.3 Å². The molecule has 2 aromatic carbocycles. The van der Waals surface area contributed by atoms with Gasteiger partial charge in [0.1, 0.15) is 11.5 Å². The number of furan rings is 1. The molecular formula is C28H23NO5. The number of ether oxygens (including phenoxy) is 2. The molecular weight excluding hydrogens is 430 g/mol. The third kappa shape index (κ3) is 4.22. The fourth-order valence-electron chi connectivity index (χ4n) is 4.32. The number of rotatable bonds is 6. The van der Waals surface area contributed by atoms with Crippen LogP contribution in [0.4, 0.5) is 0 Å². The Balaban J connectivity index is 1.48. The van der Waals surface area contributed by atoms with E-state index in [1.165, 1.54) is 0 Å². The second-order valence-electron chi connectivity index (χ2n) is 8.10. The first-order chi connectivity index (χ1) is 16.6. The van der Waals surface area contributed by atoms with Crippen LogP contribution in [0.25, 0.3) is 22.6 Å². The molecule has 0 spiro atoms. The number of para-hydroxylation sites is 1. The largest absolute Gasteiger partial charge is 0.497 e. The lowest BCUT2D eigenvalue weighted by atomic mass is 9.86. The first-order valence-corrected chi connectivity index (χ1v) is 11.1. The average molecular weight is 453 g/mol. The number of carbonyl (C=O) groups is 2. The van der Waals surface area contributed by atoms with Gasteiger partial charge in [-0.25, -0.2) is 9.78 Å². The summed E-state index contributed by atoms with van der Waals surface area (Å²) >= 11 is 0. The first-order valence-electron chi connectivity index (χ1n) is 11.1. The molecule has 1 aliphatic rings. The minimum absolute atomic E-state index is 0.276. The summed E-state index contributed by atoms with van der Waals surface area (Å²) in [6.07, 6.45) is 6.03. The van der Waals surface area contributed by atoms with Gasteiger partial charge >= 0.3 is 5.97 Å². The lowest BCUT2D eigenvalue weighted by Gasteiger charge is -2.22. The summed E-state index contributed by atoms with van der Waals surface area (Å²) in [7, 11) is 1.56. The van der Waals surface area contributed by atoms with Gasteiger partial charge < -0.3 is 13.9 Å². The molecule has 0 N–H and O–H groups in total. The van der Waals surface area contributed by atoms with Gasteiger partial charge in [-0.1, -0.05) is 18.2 Å². The SMILES string of the molecule is COc1ccc(C(=O)COC(=O)c2c3c(nc4ccccc24)/C(=C/c2ccco2)CCC3)cc1. The van der Waals surface area contributed by atoms with E-state index in [0.29, 0.717) is 28.8 Å². The summed E-state index contributed by atoms with van der Waals surface area (Å²) in [6, 6.07) is 18.0. The monoisotopic (exact) mass is 453 g/mol. The number of hydrogen-bond donors (Lipinski definition) is 0. The van der Waals surface area contributed by atoms with Crippen molar-refractivity contribution in [3.05, 3.63) is 95.1 Å². The number of pyridine rings is 1. The van der Waals surface area contributed by atoms with Crippen LogP contribution in [0.3, 0.4) is 0 Å². The number of allylic oxidation sites excluding steroid dienone is 1. The smallest absolute Gasteiger partial charge is 0.339 e. The van der Waals surface area contributed by atoms with E-state index in [-0.39, 0.29) is 12.4 Å². The molecule has 0 radical (unpaired) electrons. The van der Waals surface area contributed by atoms with E-state index in [9.17, 15) is 9.59 Å². The Morgan fingerprint density at radius 1 is 1.03 bits per heavy atom. The number of ketones is 1. The van der Waals surface area contributed by atoms with Crippen LogP contribution in [0.5, 0.6) is 5.75 Å². The summed E-state index contributed by atoms with van der Waals surface area (Å²) in [4.78, 5) is 30.8. The van der Waals surface area contributed by atoms with Gasteiger partial charge in [-0.15, -0.1) is 0 Å². The minimum Gasteiger partial charge on any atom is -0.497 e.